The lowest BCUT2D eigenvalue weighted by atomic mass is 9.69. The van der Waals surface area contributed by atoms with Crippen LogP contribution in [0.4, 0.5) is 0 Å². The Balaban J connectivity index is 4.31. The summed E-state index contributed by atoms with van der Waals surface area (Å²) in [4.78, 5) is 24.3. The second-order valence-corrected chi connectivity index (χ2v) is 9.72. The van der Waals surface area contributed by atoms with Gasteiger partial charge in [0.25, 0.3) is 0 Å². The molecule has 0 radical (unpaired) electrons. The normalized spacial score (nSPS) is 14.5. The quantitative estimate of drug-likeness (QED) is 0.454. The Labute approximate surface area is 143 Å². The van der Waals surface area contributed by atoms with Crippen molar-refractivity contribution in [1.29, 1.82) is 0 Å². The topological polar surface area (TPSA) is 43.4 Å². The largest absolute Gasteiger partial charge is 0.460 e. The minimum Gasteiger partial charge on any atom is -0.460 e. The predicted octanol–water partition coefficient (Wildman–Crippen LogP) is 5.56. The van der Waals surface area contributed by atoms with Crippen LogP contribution in [0.25, 0.3) is 0 Å². The molecular weight excluding hydrogens is 288 g/mol. The minimum absolute atomic E-state index is 0.0183. The first kappa shape index (κ1) is 22.1. The lowest BCUT2D eigenvalue weighted by Crippen LogP contribution is -2.36. The van der Waals surface area contributed by atoms with Gasteiger partial charge in [-0.05, 0) is 39.0 Å². The number of hydrogen-bond acceptors (Lipinski definition) is 3. The Morgan fingerprint density at radius 2 is 1.35 bits per heavy atom. The second kappa shape index (κ2) is 8.30. The van der Waals surface area contributed by atoms with E-state index in [4.69, 9.17) is 4.74 Å². The highest BCUT2D eigenvalue weighted by Gasteiger charge is 2.36. The maximum Gasteiger partial charge on any atom is 0.306 e. The average molecular weight is 327 g/mol. The molecule has 23 heavy (non-hydrogen) atoms. The van der Waals surface area contributed by atoms with Gasteiger partial charge in [0.2, 0.25) is 0 Å². The number of ketones is 1. The highest BCUT2D eigenvalue weighted by atomic mass is 16.6. The first-order valence-corrected chi connectivity index (χ1v) is 8.91. The van der Waals surface area contributed by atoms with E-state index in [1.165, 1.54) is 0 Å². The van der Waals surface area contributed by atoms with Crippen LogP contribution in [0.15, 0.2) is 0 Å². The van der Waals surface area contributed by atoms with Crippen molar-refractivity contribution in [3.63, 3.8) is 0 Å². The average Bonchev–Trinajstić information content (AvgIpc) is 2.27. The number of rotatable bonds is 7. The van der Waals surface area contributed by atoms with Gasteiger partial charge in [0, 0.05) is 17.8 Å². The van der Waals surface area contributed by atoms with Gasteiger partial charge in [-0.3, -0.25) is 9.59 Å². The molecule has 0 saturated heterocycles. The first-order valence-electron chi connectivity index (χ1n) is 8.91. The lowest BCUT2D eigenvalue weighted by Gasteiger charge is -2.34. The number of carbonyl (C=O) groups excluding carboxylic acids is 2. The molecule has 0 spiro atoms. The van der Waals surface area contributed by atoms with E-state index in [0.29, 0.717) is 12.2 Å². The molecule has 0 aromatic heterocycles. The number of ether oxygens (including phenoxy) is 1. The van der Waals surface area contributed by atoms with Crippen molar-refractivity contribution in [2.45, 2.75) is 100 Å². The van der Waals surface area contributed by atoms with Crippen LogP contribution < -0.4 is 0 Å². The third kappa shape index (κ3) is 9.78. The molecule has 136 valence electrons. The molecule has 3 nitrogen and oxygen atoms in total. The standard InChI is InChI=1S/C20H38O3/c1-18(2,3)15(17(22)19(4,5)6)13-11-10-12-14-16(21)23-20(7,8)9/h15H,10-14H2,1-9H3/t15-/m1/s1. The Bertz CT molecular complexity index is 389. The van der Waals surface area contributed by atoms with E-state index in [0.717, 1.165) is 25.7 Å². The molecule has 0 fully saturated rings. The molecule has 0 aliphatic rings. The third-order valence-electron chi connectivity index (χ3n) is 3.89. The van der Waals surface area contributed by atoms with Crippen molar-refractivity contribution in [3.8, 4) is 0 Å². The molecule has 0 aliphatic carbocycles. The molecule has 0 aliphatic heterocycles. The van der Waals surface area contributed by atoms with Gasteiger partial charge in [0.15, 0.2) is 0 Å². The van der Waals surface area contributed by atoms with Gasteiger partial charge in [-0.2, -0.15) is 0 Å². The van der Waals surface area contributed by atoms with Gasteiger partial charge in [-0.1, -0.05) is 54.4 Å². The van der Waals surface area contributed by atoms with Crippen LogP contribution >= 0.6 is 0 Å². The van der Waals surface area contributed by atoms with Crippen molar-refractivity contribution < 1.29 is 14.3 Å². The van der Waals surface area contributed by atoms with Gasteiger partial charge >= 0.3 is 5.97 Å². The molecule has 0 aromatic rings. The van der Waals surface area contributed by atoms with Crippen molar-refractivity contribution in [3.05, 3.63) is 0 Å². The monoisotopic (exact) mass is 326 g/mol. The summed E-state index contributed by atoms with van der Waals surface area (Å²) in [5, 5.41) is 0. The summed E-state index contributed by atoms with van der Waals surface area (Å²) in [6.07, 6.45) is 4.13. The van der Waals surface area contributed by atoms with Crippen molar-refractivity contribution >= 4 is 11.8 Å². The molecule has 0 saturated carbocycles. The Morgan fingerprint density at radius 3 is 1.74 bits per heavy atom. The van der Waals surface area contributed by atoms with Crippen LogP contribution in [-0.4, -0.2) is 17.4 Å². The number of carbonyl (C=O) groups is 2. The SMILES string of the molecule is CC(C)(C)OC(=O)CCCCC[C@H](C(=O)C(C)(C)C)C(C)(C)C. The van der Waals surface area contributed by atoms with Gasteiger partial charge in [-0.25, -0.2) is 0 Å². The van der Waals surface area contributed by atoms with Crippen LogP contribution in [-0.2, 0) is 14.3 Å². The molecule has 0 rings (SSSR count). The lowest BCUT2D eigenvalue weighted by molar-refractivity contribution is -0.155. The van der Waals surface area contributed by atoms with Crippen molar-refractivity contribution in [2.75, 3.05) is 0 Å². The van der Waals surface area contributed by atoms with E-state index in [-0.39, 0.29) is 22.7 Å². The maximum atomic E-state index is 12.7. The summed E-state index contributed by atoms with van der Waals surface area (Å²) in [5.41, 5.74) is -0.725. The Hall–Kier alpha value is -0.860. The second-order valence-electron chi connectivity index (χ2n) is 9.72. The summed E-state index contributed by atoms with van der Waals surface area (Å²) in [6.45, 7) is 18.1. The Kier molecular flexibility index (Phi) is 7.99. The minimum atomic E-state index is -0.409. The van der Waals surface area contributed by atoms with Crippen LogP contribution in [0.3, 0.4) is 0 Å². The van der Waals surface area contributed by atoms with Crippen LogP contribution in [0, 0.1) is 16.7 Å². The van der Waals surface area contributed by atoms with Crippen molar-refractivity contribution in [1.82, 2.24) is 0 Å². The molecule has 0 N–H and O–H groups in total. The number of hydrogen-bond donors (Lipinski definition) is 0. The van der Waals surface area contributed by atoms with Crippen LogP contribution in [0.2, 0.25) is 0 Å². The van der Waals surface area contributed by atoms with E-state index in [2.05, 4.69) is 20.8 Å². The fraction of sp³-hybridized carbons (Fsp3) is 0.900. The van der Waals surface area contributed by atoms with E-state index >= 15 is 0 Å². The molecule has 0 heterocycles. The fourth-order valence-electron chi connectivity index (χ4n) is 2.67. The molecule has 0 aromatic carbocycles. The fourth-order valence-corrected chi connectivity index (χ4v) is 2.67. The number of esters is 1. The molecule has 0 bridgehead atoms. The number of Topliss-reactive ketones (excluding diaryl/α,β-unsaturated/α-hetero) is 1. The molecular formula is C20H38O3. The zero-order valence-electron chi connectivity index (χ0n) is 16.8. The third-order valence-corrected chi connectivity index (χ3v) is 3.89. The summed E-state index contributed by atoms with van der Waals surface area (Å²) < 4.78 is 5.31. The summed E-state index contributed by atoms with van der Waals surface area (Å²) in [6, 6.07) is 0. The molecule has 0 amide bonds. The van der Waals surface area contributed by atoms with Crippen molar-refractivity contribution in [2.24, 2.45) is 16.7 Å². The van der Waals surface area contributed by atoms with Gasteiger partial charge < -0.3 is 4.74 Å². The molecule has 1 atom stereocenters. The highest BCUT2D eigenvalue weighted by molar-refractivity contribution is 5.86. The molecule has 0 unspecified atom stereocenters. The predicted molar refractivity (Wildman–Crippen MR) is 96.3 cm³/mol. The van der Waals surface area contributed by atoms with Gasteiger partial charge in [0.05, 0.1) is 0 Å². The zero-order valence-corrected chi connectivity index (χ0v) is 16.8. The Morgan fingerprint density at radius 1 is 0.826 bits per heavy atom. The van der Waals surface area contributed by atoms with Gasteiger partial charge in [-0.15, -0.1) is 0 Å². The van der Waals surface area contributed by atoms with E-state index < -0.39 is 5.60 Å². The smallest absolute Gasteiger partial charge is 0.306 e. The first-order chi connectivity index (χ1) is 10.1. The van der Waals surface area contributed by atoms with Crippen LogP contribution in [0.1, 0.15) is 94.4 Å². The zero-order chi connectivity index (χ0) is 18.5. The summed E-state index contributed by atoms with van der Waals surface area (Å²) in [5.74, 6) is 0.289. The van der Waals surface area contributed by atoms with Crippen LogP contribution in [0.5, 0.6) is 0 Å². The summed E-state index contributed by atoms with van der Waals surface area (Å²) in [7, 11) is 0. The van der Waals surface area contributed by atoms with E-state index in [1.807, 2.05) is 41.5 Å². The van der Waals surface area contributed by atoms with E-state index in [1.54, 1.807) is 0 Å². The molecule has 3 heteroatoms. The highest BCUT2D eigenvalue weighted by Crippen LogP contribution is 2.36. The maximum absolute atomic E-state index is 12.7. The van der Waals surface area contributed by atoms with Gasteiger partial charge in [0.1, 0.15) is 11.4 Å². The van der Waals surface area contributed by atoms with E-state index in [9.17, 15) is 9.59 Å². The summed E-state index contributed by atoms with van der Waals surface area (Å²) >= 11 is 0. The number of unbranched alkanes of at least 4 members (excludes halogenated alkanes) is 2.